The molecule has 1 N–H and O–H groups in total. The van der Waals surface area contributed by atoms with Crippen molar-refractivity contribution in [1.82, 2.24) is 9.97 Å². The summed E-state index contributed by atoms with van der Waals surface area (Å²) in [5, 5.41) is 0.838. The smallest absolute Gasteiger partial charge is 0.167 e. The van der Waals surface area contributed by atoms with Crippen LogP contribution in [0.25, 0.3) is 11.0 Å². The summed E-state index contributed by atoms with van der Waals surface area (Å²) in [5.74, 6) is 0.0536. The zero-order chi connectivity index (χ0) is 13.9. The lowest BCUT2D eigenvalue weighted by Crippen LogP contribution is -2.03. The van der Waals surface area contributed by atoms with Crippen molar-refractivity contribution in [2.75, 3.05) is 0 Å². The quantitative estimate of drug-likeness (QED) is 0.582. The van der Waals surface area contributed by atoms with Crippen LogP contribution in [0.4, 0.5) is 0 Å². The van der Waals surface area contributed by atoms with E-state index in [0.29, 0.717) is 23.3 Å². The van der Waals surface area contributed by atoms with Crippen molar-refractivity contribution in [3.05, 3.63) is 65.5 Å². The number of rotatable bonds is 4. The van der Waals surface area contributed by atoms with Gasteiger partial charge < -0.3 is 4.98 Å². The van der Waals surface area contributed by atoms with Crippen LogP contribution in [0.3, 0.4) is 0 Å². The van der Waals surface area contributed by atoms with Crippen LogP contribution in [-0.4, -0.2) is 22.0 Å². The number of Topliss-reactive ketones (excluding diaryl/α,β-unsaturated/α-hetero) is 1. The van der Waals surface area contributed by atoms with Crippen LogP contribution in [0.1, 0.15) is 26.4 Å². The van der Waals surface area contributed by atoms with Gasteiger partial charge in [0.15, 0.2) is 12.1 Å². The fourth-order valence-electron chi connectivity index (χ4n) is 2.15. The van der Waals surface area contributed by atoms with E-state index in [4.69, 9.17) is 0 Å². The fourth-order valence-corrected chi connectivity index (χ4v) is 2.15. The molecule has 3 aromatic rings. The largest absolute Gasteiger partial charge is 0.337 e. The Kier molecular flexibility index (Phi) is 3.13. The third kappa shape index (κ3) is 2.36. The van der Waals surface area contributed by atoms with Gasteiger partial charge in [0, 0.05) is 23.6 Å². The molecule has 0 aliphatic carbocycles. The van der Waals surface area contributed by atoms with E-state index < -0.39 is 0 Å². The molecule has 0 aliphatic rings. The Labute approximate surface area is 115 Å². The molecule has 0 fully saturated rings. The Hall–Kier alpha value is -2.75. The number of carbonyl (C=O) groups is 2. The van der Waals surface area contributed by atoms with Crippen molar-refractivity contribution >= 4 is 23.1 Å². The first kappa shape index (κ1) is 12.3. The van der Waals surface area contributed by atoms with Crippen LogP contribution in [-0.2, 0) is 6.42 Å². The van der Waals surface area contributed by atoms with Crippen LogP contribution < -0.4 is 0 Å². The summed E-state index contributed by atoms with van der Waals surface area (Å²) in [5.41, 5.74) is 2.67. The summed E-state index contributed by atoms with van der Waals surface area (Å²) in [6.45, 7) is 0. The molecule has 2 heterocycles. The topological polar surface area (TPSA) is 62.8 Å². The number of nitrogens with one attached hydrogen (secondary N) is 1. The number of fused-ring (bicyclic) bond motifs is 1. The highest BCUT2D eigenvalue weighted by atomic mass is 16.1. The second kappa shape index (κ2) is 5.09. The highest BCUT2D eigenvalue weighted by molar-refractivity contribution is 5.97. The van der Waals surface area contributed by atoms with Crippen LogP contribution in [0.5, 0.6) is 0 Å². The molecule has 1 aromatic carbocycles. The molecule has 0 saturated carbocycles. The molecule has 0 aliphatic heterocycles. The average Bonchev–Trinajstić information content (AvgIpc) is 2.90. The molecule has 0 amide bonds. The highest BCUT2D eigenvalue weighted by Gasteiger charge is 2.08. The lowest BCUT2D eigenvalue weighted by Gasteiger charge is -2.01. The Morgan fingerprint density at radius 3 is 2.75 bits per heavy atom. The van der Waals surface area contributed by atoms with Gasteiger partial charge in [-0.25, -0.2) is 4.98 Å². The molecule has 0 spiro atoms. The summed E-state index contributed by atoms with van der Waals surface area (Å²) in [6.07, 6.45) is 2.71. The van der Waals surface area contributed by atoms with E-state index in [2.05, 4.69) is 9.97 Å². The number of hydrogen-bond acceptors (Lipinski definition) is 3. The number of pyridine rings is 1. The molecule has 3 rings (SSSR count). The molecule has 0 unspecified atom stereocenters. The number of benzene rings is 1. The number of hydrogen-bond donors (Lipinski definition) is 1. The van der Waals surface area contributed by atoms with Crippen molar-refractivity contribution < 1.29 is 9.59 Å². The van der Waals surface area contributed by atoms with Crippen LogP contribution >= 0.6 is 0 Å². The number of aromatic amines is 1. The predicted octanol–water partition coefficient (Wildman–Crippen LogP) is 2.80. The van der Waals surface area contributed by atoms with Gasteiger partial charge in [0.1, 0.15) is 5.65 Å². The van der Waals surface area contributed by atoms with Crippen molar-refractivity contribution in [1.29, 1.82) is 0 Å². The van der Waals surface area contributed by atoms with Gasteiger partial charge in [0.25, 0.3) is 0 Å². The Balaban J connectivity index is 1.87. The Bertz CT molecular complexity index is 776. The van der Waals surface area contributed by atoms with Gasteiger partial charge in [-0.1, -0.05) is 30.3 Å². The van der Waals surface area contributed by atoms with Crippen LogP contribution in [0.15, 0.2) is 48.7 Å². The second-order valence-corrected chi connectivity index (χ2v) is 4.59. The second-order valence-electron chi connectivity index (χ2n) is 4.59. The number of H-pyrrole nitrogens is 1. The highest BCUT2D eigenvalue weighted by Crippen LogP contribution is 2.15. The minimum Gasteiger partial charge on any atom is -0.337 e. The molecular weight excluding hydrogens is 252 g/mol. The van der Waals surface area contributed by atoms with Gasteiger partial charge in [-0.05, 0) is 17.7 Å². The van der Waals surface area contributed by atoms with Gasteiger partial charge >= 0.3 is 0 Å². The number of aldehydes is 1. The molecule has 4 nitrogen and oxygen atoms in total. The van der Waals surface area contributed by atoms with Gasteiger partial charge in [-0.3, -0.25) is 9.59 Å². The summed E-state index contributed by atoms with van der Waals surface area (Å²) in [7, 11) is 0. The summed E-state index contributed by atoms with van der Waals surface area (Å²) in [4.78, 5) is 30.0. The minimum absolute atomic E-state index is 0.0536. The summed E-state index contributed by atoms with van der Waals surface area (Å²) in [6, 6.07) is 12.8. The standard InChI is InChI=1S/C16H12N2O2/c19-10-14-8-13-6-11(9-17-16(13)18-14)7-15(20)12-4-2-1-3-5-12/h1-6,8-10H,7H2,(H,17,18). The molecule has 20 heavy (non-hydrogen) atoms. The monoisotopic (exact) mass is 264 g/mol. The van der Waals surface area contributed by atoms with E-state index in [1.807, 2.05) is 24.3 Å². The zero-order valence-corrected chi connectivity index (χ0v) is 10.7. The number of carbonyl (C=O) groups excluding carboxylic acids is 2. The SMILES string of the molecule is O=Cc1cc2cc(CC(=O)c3ccccc3)cnc2[nH]1. The lowest BCUT2D eigenvalue weighted by molar-refractivity contribution is 0.0992. The third-order valence-corrected chi connectivity index (χ3v) is 3.13. The molecule has 0 radical (unpaired) electrons. The van der Waals surface area contributed by atoms with E-state index in [-0.39, 0.29) is 5.78 Å². The molecule has 4 heteroatoms. The Morgan fingerprint density at radius 1 is 1.20 bits per heavy atom. The predicted molar refractivity (Wildman–Crippen MR) is 76.0 cm³/mol. The van der Waals surface area contributed by atoms with Crippen molar-refractivity contribution in [3.63, 3.8) is 0 Å². The van der Waals surface area contributed by atoms with Crippen molar-refractivity contribution in [2.45, 2.75) is 6.42 Å². The zero-order valence-electron chi connectivity index (χ0n) is 10.7. The molecule has 0 atom stereocenters. The van der Waals surface area contributed by atoms with Gasteiger partial charge in [0.2, 0.25) is 0 Å². The van der Waals surface area contributed by atoms with Crippen molar-refractivity contribution in [2.24, 2.45) is 0 Å². The first-order valence-electron chi connectivity index (χ1n) is 6.27. The van der Waals surface area contributed by atoms with E-state index in [0.717, 1.165) is 17.2 Å². The molecule has 0 saturated heterocycles. The Morgan fingerprint density at radius 2 is 2.00 bits per heavy atom. The van der Waals surface area contributed by atoms with Gasteiger partial charge in [-0.15, -0.1) is 0 Å². The maximum Gasteiger partial charge on any atom is 0.167 e. The van der Waals surface area contributed by atoms with E-state index in [9.17, 15) is 9.59 Å². The number of nitrogens with zero attached hydrogens (tertiary/aromatic N) is 1. The first-order chi connectivity index (χ1) is 9.76. The third-order valence-electron chi connectivity index (χ3n) is 3.13. The summed E-state index contributed by atoms with van der Waals surface area (Å²) < 4.78 is 0. The normalized spacial score (nSPS) is 10.6. The number of aromatic nitrogens is 2. The minimum atomic E-state index is 0.0536. The molecule has 98 valence electrons. The van der Waals surface area contributed by atoms with E-state index in [1.54, 1.807) is 24.4 Å². The molecule has 2 aromatic heterocycles. The molecule has 0 bridgehead atoms. The fraction of sp³-hybridized carbons (Fsp3) is 0.0625. The van der Waals surface area contributed by atoms with Crippen molar-refractivity contribution in [3.8, 4) is 0 Å². The van der Waals surface area contributed by atoms with Crippen LogP contribution in [0, 0.1) is 0 Å². The average molecular weight is 264 g/mol. The van der Waals surface area contributed by atoms with E-state index >= 15 is 0 Å². The van der Waals surface area contributed by atoms with Crippen LogP contribution in [0.2, 0.25) is 0 Å². The summed E-state index contributed by atoms with van der Waals surface area (Å²) >= 11 is 0. The number of ketones is 1. The van der Waals surface area contributed by atoms with Gasteiger partial charge in [-0.2, -0.15) is 0 Å². The van der Waals surface area contributed by atoms with Gasteiger partial charge in [0.05, 0.1) is 5.69 Å². The van der Waals surface area contributed by atoms with E-state index in [1.165, 1.54) is 0 Å². The lowest BCUT2D eigenvalue weighted by atomic mass is 10.0. The maximum absolute atomic E-state index is 12.1. The molecular formula is C16H12N2O2. The first-order valence-corrected chi connectivity index (χ1v) is 6.27. The maximum atomic E-state index is 12.1.